The third-order valence-corrected chi connectivity index (χ3v) is 4.53. The highest BCUT2D eigenvalue weighted by Gasteiger charge is 2.06. The molecule has 114 valence electrons. The lowest BCUT2D eigenvalue weighted by Crippen LogP contribution is -2.06. The van der Waals surface area contributed by atoms with Gasteiger partial charge in [-0.1, -0.05) is 51.2 Å². The monoisotopic (exact) mass is 295 g/mol. The van der Waals surface area contributed by atoms with Gasteiger partial charge in [0, 0.05) is 4.90 Å². The topological polar surface area (TPSA) is 46.2 Å². The number of aliphatic hydroxyl groups is 1. The maximum absolute atomic E-state index is 9.95. The van der Waals surface area contributed by atoms with Gasteiger partial charge >= 0.3 is 0 Å². The first-order chi connectivity index (χ1) is 9.77. The number of aliphatic hydroxyl groups excluding tert-OH is 1. The summed E-state index contributed by atoms with van der Waals surface area (Å²) in [6, 6.07) is 8.23. The molecule has 0 aromatic heterocycles. The first-order valence-corrected chi connectivity index (χ1v) is 8.87. The Balaban J connectivity index is 2.25. The molecule has 1 aromatic carbocycles. The minimum Gasteiger partial charge on any atom is -0.388 e. The molecule has 0 saturated carbocycles. The van der Waals surface area contributed by atoms with Gasteiger partial charge in [0.1, 0.15) is 0 Å². The van der Waals surface area contributed by atoms with E-state index in [4.69, 9.17) is 5.73 Å². The lowest BCUT2D eigenvalue weighted by molar-refractivity contribution is 0.170. The van der Waals surface area contributed by atoms with Gasteiger partial charge in [-0.25, -0.2) is 0 Å². The molecule has 0 heterocycles. The van der Waals surface area contributed by atoms with Crippen molar-refractivity contribution < 1.29 is 5.11 Å². The molecule has 1 rings (SSSR count). The van der Waals surface area contributed by atoms with E-state index >= 15 is 0 Å². The van der Waals surface area contributed by atoms with Crippen LogP contribution in [0.3, 0.4) is 0 Å². The molecular weight excluding hydrogens is 266 g/mol. The molecule has 1 atom stereocenters. The predicted molar refractivity (Wildman–Crippen MR) is 89.2 cm³/mol. The summed E-state index contributed by atoms with van der Waals surface area (Å²) in [4.78, 5) is 1.26. The van der Waals surface area contributed by atoms with Crippen molar-refractivity contribution in [1.82, 2.24) is 0 Å². The number of hydrogen-bond donors (Lipinski definition) is 2. The number of unbranched alkanes of at least 4 members (excludes halogenated alkanes) is 5. The SMILES string of the molecule is CCCCCCCCSc1cccc(C(O)CCN)c1. The third kappa shape index (κ3) is 7.32. The van der Waals surface area contributed by atoms with Crippen LogP contribution in [0, 0.1) is 0 Å². The van der Waals surface area contributed by atoms with Gasteiger partial charge in [0.2, 0.25) is 0 Å². The fourth-order valence-corrected chi connectivity index (χ4v) is 3.19. The standard InChI is InChI=1S/C17H29NOS/c1-2-3-4-5-6-7-13-20-16-10-8-9-15(14-16)17(19)11-12-18/h8-10,14,17,19H,2-7,11-13,18H2,1H3. The third-order valence-electron chi connectivity index (χ3n) is 3.45. The lowest BCUT2D eigenvalue weighted by atomic mass is 10.1. The molecule has 0 aliphatic rings. The van der Waals surface area contributed by atoms with Gasteiger partial charge in [0.05, 0.1) is 6.10 Å². The highest BCUT2D eigenvalue weighted by atomic mass is 32.2. The molecule has 3 heteroatoms. The van der Waals surface area contributed by atoms with Crippen molar-refractivity contribution in [2.45, 2.75) is 62.9 Å². The van der Waals surface area contributed by atoms with Crippen molar-refractivity contribution >= 4 is 11.8 Å². The van der Waals surface area contributed by atoms with E-state index in [1.54, 1.807) is 0 Å². The summed E-state index contributed by atoms with van der Waals surface area (Å²) in [5.74, 6) is 1.17. The van der Waals surface area contributed by atoms with Crippen LogP contribution >= 0.6 is 11.8 Å². The van der Waals surface area contributed by atoms with E-state index in [0.717, 1.165) is 5.56 Å². The maximum Gasteiger partial charge on any atom is 0.0802 e. The fraction of sp³-hybridized carbons (Fsp3) is 0.647. The van der Waals surface area contributed by atoms with Crippen molar-refractivity contribution in [2.24, 2.45) is 5.73 Å². The molecule has 0 saturated heterocycles. The Morgan fingerprint density at radius 2 is 1.90 bits per heavy atom. The molecule has 0 radical (unpaired) electrons. The van der Waals surface area contributed by atoms with E-state index in [2.05, 4.69) is 19.1 Å². The normalized spacial score (nSPS) is 12.6. The Labute approximate surface area is 128 Å². The zero-order valence-electron chi connectivity index (χ0n) is 12.7. The first kappa shape index (κ1) is 17.5. The van der Waals surface area contributed by atoms with Crippen LogP contribution in [-0.2, 0) is 0 Å². The Morgan fingerprint density at radius 1 is 1.15 bits per heavy atom. The summed E-state index contributed by atoms with van der Waals surface area (Å²) < 4.78 is 0. The van der Waals surface area contributed by atoms with Crippen LogP contribution in [0.25, 0.3) is 0 Å². The number of nitrogens with two attached hydrogens (primary N) is 1. The number of thioether (sulfide) groups is 1. The van der Waals surface area contributed by atoms with Gasteiger partial charge in [0.15, 0.2) is 0 Å². The zero-order valence-corrected chi connectivity index (χ0v) is 13.5. The molecule has 1 aromatic rings. The molecule has 0 fully saturated rings. The second-order valence-electron chi connectivity index (χ2n) is 5.28. The largest absolute Gasteiger partial charge is 0.388 e. The summed E-state index contributed by atoms with van der Waals surface area (Å²) in [7, 11) is 0. The number of rotatable bonds is 11. The van der Waals surface area contributed by atoms with Crippen molar-refractivity contribution in [1.29, 1.82) is 0 Å². The van der Waals surface area contributed by atoms with E-state index in [1.807, 2.05) is 23.9 Å². The molecule has 0 aliphatic heterocycles. The first-order valence-electron chi connectivity index (χ1n) is 7.88. The van der Waals surface area contributed by atoms with Gasteiger partial charge in [0.25, 0.3) is 0 Å². The minimum absolute atomic E-state index is 0.422. The zero-order chi connectivity index (χ0) is 14.6. The number of benzene rings is 1. The Hall–Kier alpha value is -0.510. The highest BCUT2D eigenvalue weighted by Crippen LogP contribution is 2.24. The van der Waals surface area contributed by atoms with Gasteiger partial charge in [-0.15, -0.1) is 11.8 Å². The molecular formula is C17H29NOS. The van der Waals surface area contributed by atoms with Gasteiger partial charge in [-0.05, 0) is 42.8 Å². The smallest absolute Gasteiger partial charge is 0.0802 e. The van der Waals surface area contributed by atoms with Crippen molar-refractivity contribution in [3.05, 3.63) is 29.8 Å². The van der Waals surface area contributed by atoms with Gasteiger partial charge in [-0.2, -0.15) is 0 Å². The molecule has 0 aliphatic carbocycles. The average molecular weight is 295 g/mol. The Kier molecular flexibility index (Phi) is 9.81. The van der Waals surface area contributed by atoms with Crippen LogP contribution in [0.2, 0.25) is 0 Å². The van der Waals surface area contributed by atoms with E-state index in [0.29, 0.717) is 13.0 Å². The summed E-state index contributed by atoms with van der Waals surface area (Å²) in [5.41, 5.74) is 6.48. The van der Waals surface area contributed by atoms with E-state index < -0.39 is 6.10 Å². The molecule has 1 unspecified atom stereocenters. The molecule has 2 nitrogen and oxygen atoms in total. The minimum atomic E-state index is -0.422. The summed E-state index contributed by atoms with van der Waals surface area (Å²) in [5, 5.41) is 9.95. The van der Waals surface area contributed by atoms with Crippen molar-refractivity contribution in [3.8, 4) is 0 Å². The van der Waals surface area contributed by atoms with Crippen LogP contribution < -0.4 is 5.73 Å². The number of hydrogen-bond acceptors (Lipinski definition) is 3. The second-order valence-corrected chi connectivity index (χ2v) is 6.45. The summed E-state index contributed by atoms with van der Waals surface area (Å²) in [6.45, 7) is 2.78. The Morgan fingerprint density at radius 3 is 2.65 bits per heavy atom. The quantitative estimate of drug-likeness (QED) is 0.466. The van der Waals surface area contributed by atoms with Crippen molar-refractivity contribution in [3.63, 3.8) is 0 Å². The summed E-state index contributed by atoms with van der Waals surface area (Å²) >= 11 is 1.89. The average Bonchev–Trinajstić information content (AvgIpc) is 2.47. The second kappa shape index (κ2) is 11.2. The van der Waals surface area contributed by atoms with E-state index in [9.17, 15) is 5.11 Å². The molecule has 0 amide bonds. The highest BCUT2D eigenvalue weighted by molar-refractivity contribution is 7.99. The van der Waals surface area contributed by atoms with Crippen LogP contribution in [0.1, 0.15) is 63.5 Å². The molecule has 0 spiro atoms. The Bertz CT molecular complexity index is 357. The fourth-order valence-electron chi connectivity index (χ4n) is 2.21. The van der Waals surface area contributed by atoms with Crippen LogP contribution in [0.15, 0.2) is 29.2 Å². The summed E-state index contributed by atoms with van der Waals surface area (Å²) in [6.07, 6.45) is 8.25. The van der Waals surface area contributed by atoms with Gasteiger partial charge < -0.3 is 10.8 Å². The van der Waals surface area contributed by atoms with Gasteiger partial charge in [-0.3, -0.25) is 0 Å². The molecule has 20 heavy (non-hydrogen) atoms. The van der Waals surface area contributed by atoms with E-state index in [1.165, 1.54) is 49.2 Å². The van der Waals surface area contributed by atoms with Crippen LogP contribution in [-0.4, -0.2) is 17.4 Å². The maximum atomic E-state index is 9.95. The molecule has 3 N–H and O–H groups in total. The predicted octanol–water partition coefficient (Wildman–Crippen LogP) is 4.52. The van der Waals surface area contributed by atoms with Crippen molar-refractivity contribution in [2.75, 3.05) is 12.3 Å². The lowest BCUT2D eigenvalue weighted by Gasteiger charge is -2.11. The van der Waals surface area contributed by atoms with Crippen LogP contribution in [0.5, 0.6) is 0 Å². The molecule has 0 bridgehead atoms. The van der Waals surface area contributed by atoms with E-state index in [-0.39, 0.29) is 0 Å². The van der Waals surface area contributed by atoms with Crippen LogP contribution in [0.4, 0.5) is 0 Å².